The van der Waals surface area contributed by atoms with Crippen molar-refractivity contribution in [3.63, 3.8) is 0 Å². The Morgan fingerprint density at radius 3 is 2.36 bits per heavy atom. The highest BCUT2D eigenvalue weighted by molar-refractivity contribution is 7.07. The number of nitrogens with zero attached hydrogens (tertiary/aromatic N) is 4. The summed E-state index contributed by atoms with van der Waals surface area (Å²) >= 11 is 1.27. The van der Waals surface area contributed by atoms with Gasteiger partial charge in [-0.15, -0.1) is 0 Å². The van der Waals surface area contributed by atoms with Crippen LogP contribution in [0.15, 0.2) is 0 Å². The van der Waals surface area contributed by atoms with Gasteiger partial charge in [0.25, 0.3) is 0 Å². The minimum Gasteiger partial charge on any atom is -0.351 e. The zero-order chi connectivity index (χ0) is 15.5. The summed E-state index contributed by atoms with van der Waals surface area (Å²) in [6.45, 7) is 4.71. The lowest BCUT2D eigenvalue weighted by molar-refractivity contribution is -0.137. The maximum absolute atomic E-state index is 12.5. The monoisotopic (exact) mass is 321 g/mol. The van der Waals surface area contributed by atoms with Crippen LogP contribution in [-0.4, -0.2) is 57.1 Å². The van der Waals surface area contributed by atoms with Crippen LogP contribution in [0.4, 0.5) is 0 Å². The van der Waals surface area contributed by atoms with Crippen LogP contribution in [0.1, 0.15) is 42.9 Å². The summed E-state index contributed by atoms with van der Waals surface area (Å²) in [6.07, 6.45) is 5.77. The van der Waals surface area contributed by atoms with Crippen LogP contribution in [0.25, 0.3) is 0 Å². The van der Waals surface area contributed by atoms with Gasteiger partial charge in [0.15, 0.2) is 10.8 Å². The van der Waals surface area contributed by atoms with Crippen LogP contribution in [0.3, 0.4) is 0 Å². The Morgan fingerprint density at radius 1 is 1.14 bits per heavy atom. The second-order valence-corrected chi connectivity index (χ2v) is 6.89. The molecule has 1 aromatic heterocycles. The molecule has 3 rings (SSSR count). The molecular formula is C15H23N5OS. The van der Waals surface area contributed by atoms with E-state index in [2.05, 4.69) is 9.36 Å². The molecule has 22 heavy (non-hydrogen) atoms. The van der Waals surface area contributed by atoms with Crippen molar-refractivity contribution in [1.29, 1.82) is 5.41 Å². The molecule has 1 aromatic rings. The molecule has 0 bridgehead atoms. The summed E-state index contributed by atoms with van der Waals surface area (Å²) < 4.78 is 4.14. The Morgan fingerprint density at radius 2 is 1.77 bits per heavy atom. The summed E-state index contributed by atoms with van der Waals surface area (Å²) in [7, 11) is 0. The second-order valence-electron chi connectivity index (χ2n) is 6.14. The summed E-state index contributed by atoms with van der Waals surface area (Å²) in [5.74, 6) is 1.73. The van der Waals surface area contributed by atoms with E-state index >= 15 is 0 Å². The second kappa shape index (κ2) is 6.73. The van der Waals surface area contributed by atoms with Crippen molar-refractivity contribution < 1.29 is 4.79 Å². The normalized spacial score (nSPS) is 20.2. The first kappa shape index (κ1) is 15.4. The first-order chi connectivity index (χ1) is 10.6. The lowest BCUT2D eigenvalue weighted by Gasteiger charge is -2.37. The van der Waals surface area contributed by atoms with E-state index in [1.54, 1.807) is 0 Å². The number of rotatable bonds is 2. The van der Waals surface area contributed by atoms with Gasteiger partial charge in [0, 0.05) is 32.1 Å². The Bertz CT molecular complexity index is 544. The van der Waals surface area contributed by atoms with E-state index in [-0.39, 0.29) is 5.92 Å². The maximum Gasteiger partial charge on any atom is 0.225 e. The highest BCUT2D eigenvalue weighted by atomic mass is 32.1. The fourth-order valence-corrected chi connectivity index (χ4v) is 3.93. The van der Waals surface area contributed by atoms with Gasteiger partial charge in [-0.1, -0.05) is 19.3 Å². The third-order valence-electron chi connectivity index (χ3n) is 4.59. The summed E-state index contributed by atoms with van der Waals surface area (Å²) in [5, 5.41) is 8.91. The van der Waals surface area contributed by atoms with E-state index < -0.39 is 0 Å². The fraction of sp³-hybridized carbons (Fsp3) is 0.733. The third-order valence-corrected chi connectivity index (χ3v) is 5.41. The van der Waals surface area contributed by atoms with Gasteiger partial charge in [-0.2, -0.15) is 4.37 Å². The van der Waals surface area contributed by atoms with Crippen molar-refractivity contribution in [2.45, 2.75) is 39.0 Å². The molecule has 0 spiro atoms. The zero-order valence-electron chi connectivity index (χ0n) is 13.0. The predicted octanol–water partition coefficient (Wildman–Crippen LogP) is 1.90. The molecule has 120 valence electrons. The summed E-state index contributed by atoms with van der Waals surface area (Å²) in [5.41, 5.74) is 0. The van der Waals surface area contributed by atoms with Gasteiger partial charge in [0.05, 0.1) is 0 Å². The highest BCUT2D eigenvalue weighted by Gasteiger charge is 2.29. The first-order valence-electron chi connectivity index (χ1n) is 8.08. The number of amides is 1. The van der Waals surface area contributed by atoms with Crippen LogP contribution in [0.5, 0.6) is 0 Å². The van der Waals surface area contributed by atoms with Gasteiger partial charge in [-0.3, -0.25) is 10.2 Å². The van der Waals surface area contributed by atoms with Crippen LogP contribution in [0.2, 0.25) is 0 Å². The number of carbonyl (C=O) groups is 1. The molecule has 1 N–H and O–H groups in total. The Labute approximate surface area is 135 Å². The lowest BCUT2D eigenvalue weighted by atomic mass is 9.88. The molecule has 2 heterocycles. The summed E-state index contributed by atoms with van der Waals surface area (Å²) in [4.78, 5) is 20.8. The van der Waals surface area contributed by atoms with Crippen LogP contribution in [0, 0.1) is 18.3 Å². The molecule has 1 saturated heterocycles. The first-order valence-corrected chi connectivity index (χ1v) is 8.85. The van der Waals surface area contributed by atoms with Crippen LogP contribution >= 0.6 is 11.5 Å². The molecule has 0 unspecified atom stereocenters. The molecule has 2 aliphatic rings. The van der Waals surface area contributed by atoms with E-state index in [9.17, 15) is 4.79 Å². The molecule has 0 atom stereocenters. The van der Waals surface area contributed by atoms with Crippen LogP contribution in [-0.2, 0) is 4.79 Å². The van der Waals surface area contributed by atoms with E-state index in [0.29, 0.717) is 16.8 Å². The average molecular weight is 321 g/mol. The van der Waals surface area contributed by atoms with Gasteiger partial charge >= 0.3 is 0 Å². The molecule has 0 aromatic carbocycles. The average Bonchev–Trinajstić information content (AvgIpc) is 3.01. The van der Waals surface area contributed by atoms with Gasteiger partial charge in [-0.25, -0.2) is 4.98 Å². The maximum atomic E-state index is 12.5. The molecule has 1 aliphatic heterocycles. The molecule has 0 radical (unpaired) electrons. The molecule has 1 amide bonds. The topological polar surface area (TPSA) is 73.2 Å². The van der Waals surface area contributed by atoms with E-state index in [0.717, 1.165) is 44.8 Å². The van der Waals surface area contributed by atoms with Gasteiger partial charge < -0.3 is 9.80 Å². The minimum absolute atomic E-state index is 0.241. The molecule has 1 saturated carbocycles. The highest BCUT2D eigenvalue weighted by Crippen LogP contribution is 2.26. The number of hydrogen-bond donors (Lipinski definition) is 1. The number of piperazine rings is 1. The lowest BCUT2D eigenvalue weighted by Crippen LogP contribution is -2.52. The summed E-state index contributed by atoms with van der Waals surface area (Å²) in [6, 6.07) is 0. The SMILES string of the molecule is Cc1nsc(C(=N)N2CCN(C(=O)C3CCCCC3)CC2)n1. The molecule has 2 fully saturated rings. The predicted molar refractivity (Wildman–Crippen MR) is 86.2 cm³/mol. The number of amidine groups is 1. The van der Waals surface area contributed by atoms with E-state index in [1.807, 2.05) is 16.7 Å². The van der Waals surface area contributed by atoms with Crippen molar-refractivity contribution in [2.24, 2.45) is 5.92 Å². The molecule has 6 nitrogen and oxygen atoms in total. The van der Waals surface area contributed by atoms with Crippen molar-refractivity contribution in [2.75, 3.05) is 26.2 Å². The number of carbonyl (C=O) groups excluding carboxylic acids is 1. The van der Waals surface area contributed by atoms with Crippen molar-refractivity contribution in [3.8, 4) is 0 Å². The Hall–Kier alpha value is -1.50. The van der Waals surface area contributed by atoms with Crippen molar-refractivity contribution >= 4 is 23.3 Å². The standard InChI is InChI=1S/C15H23N5OS/c1-11-17-14(22-18-11)13(16)19-7-9-20(10-8-19)15(21)12-5-3-2-4-6-12/h12,16H,2-10H2,1H3. The molecule has 7 heteroatoms. The fourth-order valence-electron chi connectivity index (χ4n) is 3.29. The zero-order valence-corrected chi connectivity index (χ0v) is 13.9. The third kappa shape index (κ3) is 3.29. The van der Waals surface area contributed by atoms with Crippen LogP contribution < -0.4 is 0 Å². The number of hydrogen-bond acceptors (Lipinski definition) is 5. The largest absolute Gasteiger partial charge is 0.351 e. The van der Waals surface area contributed by atoms with Gasteiger partial charge in [-0.05, 0) is 31.3 Å². The van der Waals surface area contributed by atoms with E-state index in [1.165, 1.54) is 30.8 Å². The minimum atomic E-state index is 0.241. The molecular weight excluding hydrogens is 298 g/mol. The van der Waals surface area contributed by atoms with Gasteiger partial charge in [0.1, 0.15) is 5.82 Å². The smallest absolute Gasteiger partial charge is 0.225 e. The van der Waals surface area contributed by atoms with Crippen molar-refractivity contribution in [1.82, 2.24) is 19.2 Å². The van der Waals surface area contributed by atoms with Gasteiger partial charge in [0.2, 0.25) is 5.91 Å². The Balaban J connectivity index is 1.53. The van der Waals surface area contributed by atoms with Crippen molar-refractivity contribution in [3.05, 3.63) is 10.8 Å². The number of aromatic nitrogens is 2. The number of aryl methyl sites for hydroxylation is 1. The Kier molecular flexibility index (Phi) is 4.71. The molecule has 1 aliphatic carbocycles. The number of nitrogens with one attached hydrogen (secondary N) is 1. The van der Waals surface area contributed by atoms with E-state index in [4.69, 9.17) is 5.41 Å². The quantitative estimate of drug-likeness (QED) is 0.667.